The molecule has 0 saturated heterocycles. The summed E-state index contributed by atoms with van der Waals surface area (Å²) >= 11 is 5.92. The lowest BCUT2D eigenvalue weighted by Gasteiger charge is -2.19. The number of aromatic nitrogens is 2. The monoisotopic (exact) mass is 421 g/mol. The van der Waals surface area contributed by atoms with E-state index >= 15 is 0 Å². The molecule has 3 aromatic rings. The van der Waals surface area contributed by atoms with Crippen LogP contribution in [0.25, 0.3) is 16.5 Å². The number of hydrogen-bond donors (Lipinski definition) is 1. The topological polar surface area (TPSA) is 54.9 Å². The highest BCUT2D eigenvalue weighted by Gasteiger charge is 2.55. The standard InChI is InChI=1S/C24H21ClFN3O/c1-2-20(29-24(30)13-3-5-15(25)6-4-13)22-18-9-14(10-19(18)22)23-17-8-7-16(26)11-21(17)27-12-28-23/h3-9,11-12,18-20,22H,2,10H2,1H3,(H,29,30)/t18-,19+,20?,22+/m0/s1. The molecular formula is C24H21ClFN3O. The van der Waals surface area contributed by atoms with Crippen LogP contribution in [0.1, 0.15) is 35.8 Å². The van der Waals surface area contributed by atoms with E-state index in [4.69, 9.17) is 11.6 Å². The predicted molar refractivity (Wildman–Crippen MR) is 116 cm³/mol. The average Bonchev–Trinajstić information content (AvgIpc) is 3.23. The molecule has 0 spiro atoms. The molecule has 1 amide bonds. The number of benzene rings is 2. The fourth-order valence-corrected chi connectivity index (χ4v) is 4.97. The van der Waals surface area contributed by atoms with Crippen molar-refractivity contribution in [3.8, 4) is 0 Å². The van der Waals surface area contributed by atoms with Crippen LogP contribution >= 0.6 is 11.6 Å². The molecule has 1 N–H and O–H groups in total. The highest BCUT2D eigenvalue weighted by atomic mass is 35.5. The molecule has 1 unspecified atom stereocenters. The molecule has 1 saturated carbocycles. The van der Waals surface area contributed by atoms with Crippen LogP contribution in [0.3, 0.4) is 0 Å². The van der Waals surface area contributed by atoms with Crippen LogP contribution in [0.2, 0.25) is 5.02 Å². The Morgan fingerprint density at radius 3 is 2.73 bits per heavy atom. The van der Waals surface area contributed by atoms with Gasteiger partial charge in [-0.2, -0.15) is 0 Å². The van der Waals surface area contributed by atoms with Crippen molar-refractivity contribution in [1.29, 1.82) is 0 Å². The van der Waals surface area contributed by atoms with Crippen molar-refractivity contribution in [2.24, 2.45) is 17.8 Å². The molecule has 30 heavy (non-hydrogen) atoms. The molecule has 2 aromatic carbocycles. The van der Waals surface area contributed by atoms with Crippen molar-refractivity contribution in [1.82, 2.24) is 15.3 Å². The van der Waals surface area contributed by atoms with E-state index in [9.17, 15) is 9.18 Å². The summed E-state index contributed by atoms with van der Waals surface area (Å²) in [5.74, 6) is 1.05. The Morgan fingerprint density at radius 2 is 2.03 bits per heavy atom. The first-order valence-electron chi connectivity index (χ1n) is 10.2. The maximum atomic E-state index is 13.5. The van der Waals surface area contributed by atoms with Crippen LogP contribution in [0, 0.1) is 23.6 Å². The summed E-state index contributed by atoms with van der Waals surface area (Å²) in [4.78, 5) is 21.3. The quantitative estimate of drug-likeness (QED) is 0.609. The molecule has 5 rings (SSSR count). The number of fused-ring (bicyclic) bond motifs is 2. The molecule has 4 nitrogen and oxygen atoms in total. The molecule has 152 valence electrons. The first-order chi connectivity index (χ1) is 14.5. The van der Waals surface area contributed by atoms with Crippen LogP contribution in [-0.4, -0.2) is 21.9 Å². The van der Waals surface area contributed by atoms with Crippen LogP contribution in [0.5, 0.6) is 0 Å². The number of carbonyl (C=O) groups excluding carboxylic acids is 1. The summed E-state index contributed by atoms with van der Waals surface area (Å²) in [6.07, 6.45) is 5.60. The maximum Gasteiger partial charge on any atom is 0.251 e. The van der Waals surface area contributed by atoms with Crippen molar-refractivity contribution in [3.63, 3.8) is 0 Å². The summed E-state index contributed by atoms with van der Waals surface area (Å²) in [7, 11) is 0. The van der Waals surface area contributed by atoms with E-state index in [1.165, 1.54) is 24.0 Å². The number of amides is 1. The summed E-state index contributed by atoms with van der Waals surface area (Å²) < 4.78 is 13.5. The van der Waals surface area contributed by atoms with Gasteiger partial charge in [0.05, 0.1) is 11.2 Å². The van der Waals surface area contributed by atoms with Gasteiger partial charge in [0, 0.05) is 28.1 Å². The van der Waals surface area contributed by atoms with E-state index in [-0.39, 0.29) is 17.8 Å². The number of hydrogen-bond acceptors (Lipinski definition) is 3. The minimum atomic E-state index is -0.294. The van der Waals surface area contributed by atoms with E-state index in [0.717, 1.165) is 23.9 Å². The largest absolute Gasteiger partial charge is 0.349 e. The molecule has 1 aromatic heterocycles. The molecular weight excluding hydrogens is 401 g/mol. The predicted octanol–water partition coefficient (Wildman–Crippen LogP) is 5.28. The third kappa shape index (κ3) is 3.37. The summed E-state index contributed by atoms with van der Waals surface area (Å²) in [6, 6.07) is 11.7. The molecule has 0 radical (unpaired) electrons. The zero-order valence-electron chi connectivity index (χ0n) is 16.5. The zero-order chi connectivity index (χ0) is 20.8. The summed E-state index contributed by atoms with van der Waals surface area (Å²) in [5.41, 5.74) is 3.34. The molecule has 6 heteroatoms. The number of allylic oxidation sites excluding steroid dienone is 2. The minimum absolute atomic E-state index is 0.0588. The van der Waals surface area contributed by atoms with E-state index in [2.05, 4.69) is 28.3 Å². The van der Waals surface area contributed by atoms with Gasteiger partial charge in [0.25, 0.3) is 5.91 Å². The second kappa shape index (κ2) is 7.47. The van der Waals surface area contributed by atoms with Gasteiger partial charge in [0.2, 0.25) is 0 Å². The minimum Gasteiger partial charge on any atom is -0.349 e. The van der Waals surface area contributed by atoms with Crippen LogP contribution in [-0.2, 0) is 0 Å². The lowest BCUT2D eigenvalue weighted by atomic mass is 9.97. The second-order valence-corrected chi connectivity index (χ2v) is 8.53. The van der Waals surface area contributed by atoms with Crippen molar-refractivity contribution in [2.75, 3.05) is 0 Å². The smallest absolute Gasteiger partial charge is 0.251 e. The Balaban J connectivity index is 1.32. The van der Waals surface area contributed by atoms with Gasteiger partial charge in [-0.1, -0.05) is 24.6 Å². The van der Waals surface area contributed by atoms with Crippen LogP contribution < -0.4 is 5.32 Å². The van der Waals surface area contributed by atoms with Gasteiger partial charge in [-0.3, -0.25) is 4.79 Å². The van der Waals surface area contributed by atoms with Crippen LogP contribution in [0.15, 0.2) is 54.9 Å². The van der Waals surface area contributed by atoms with Gasteiger partial charge in [-0.05, 0) is 72.6 Å². The number of halogens is 2. The Bertz CT molecular complexity index is 1160. The Labute approximate surface area is 179 Å². The highest BCUT2D eigenvalue weighted by molar-refractivity contribution is 6.30. The third-order valence-electron chi connectivity index (χ3n) is 6.37. The van der Waals surface area contributed by atoms with Crippen molar-refractivity contribution in [3.05, 3.63) is 77.0 Å². The van der Waals surface area contributed by atoms with E-state index in [1.54, 1.807) is 30.3 Å². The fourth-order valence-electron chi connectivity index (χ4n) is 4.84. The molecule has 1 fully saturated rings. The summed E-state index contributed by atoms with van der Waals surface area (Å²) in [6.45, 7) is 2.11. The SMILES string of the molecule is CCC(NC(=O)c1ccc(Cl)cc1)[C@@H]1[C@H]2C=C(c3ncnc4cc(F)ccc34)C[C@H]21. The van der Waals surface area contributed by atoms with Crippen molar-refractivity contribution >= 4 is 34.0 Å². The lowest BCUT2D eigenvalue weighted by Crippen LogP contribution is -2.37. The zero-order valence-corrected chi connectivity index (χ0v) is 17.2. The molecule has 2 aliphatic carbocycles. The van der Waals surface area contributed by atoms with E-state index < -0.39 is 0 Å². The van der Waals surface area contributed by atoms with E-state index in [1.807, 2.05) is 0 Å². The van der Waals surface area contributed by atoms with Gasteiger partial charge in [-0.15, -0.1) is 0 Å². The summed E-state index contributed by atoms with van der Waals surface area (Å²) in [5, 5.41) is 4.70. The fraction of sp³-hybridized carbons (Fsp3) is 0.292. The average molecular weight is 422 g/mol. The third-order valence-corrected chi connectivity index (χ3v) is 6.62. The molecule has 0 aliphatic heterocycles. The van der Waals surface area contributed by atoms with Crippen molar-refractivity contribution in [2.45, 2.75) is 25.8 Å². The molecule has 4 atom stereocenters. The maximum absolute atomic E-state index is 13.5. The lowest BCUT2D eigenvalue weighted by molar-refractivity contribution is 0.0929. The number of nitrogens with zero attached hydrogens (tertiary/aromatic N) is 2. The highest BCUT2D eigenvalue weighted by Crippen LogP contribution is 2.60. The number of carbonyl (C=O) groups is 1. The first-order valence-corrected chi connectivity index (χ1v) is 10.6. The normalized spacial score (nSPS) is 23.0. The van der Waals surface area contributed by atoms with Gasteiger partial charge >= 0.3 is 0 Å². The first kappa shape index (κ1) is 19.2. The molecule has 0 bridgehead atoms. The molecule has 2 aliphatic rings. The van der Waals surface area contributed by atoms with Gasteiger partial charge in [0.1, 0.15) is 12.1 Å². The number of nitrogens with one attached hydrogen (secondary N) is 1. The Morgan fingerprint density at radius 1 is 1.23 bits per heavy atom. The van der Waals surface area contributed by atoms with Gasteiger partial charge in [-0.25, -0.2) is 14.4 Å². The van der Waals surface area contributed by atoms with Gasteiger partial charge in [0.15, 0.2) is 0 Å². The van der Waals surface area contributed by atoms with Crippen LogP contribution in [0.4, 0.5) is 4.39 Å². The van der Waals surface area contributed by atoms with Gasteiger partial charge < -0.3 is 5.32 Å². The number of rotatable bonds is 5. The van der Waals surface area contributed by atoms with Crippen molar-refractivity contribution < 1.29 is 9.18 Å². The van der Waals surface area contributed by atoms with E-state index in [0.29, 0.717) is 33.9 Å². The second-order valence-electron chi connectivity index (χ2n) is 8.09. The Kier molecular flexibility index (Phi) is 4.78. The Hall–Kier alpha value is -2.79. The molecule has 1 heterocycles.